The molecule has 0 fully saturated rings. The van der Waals surface area contributed by atoms with Crippen LogP contribution in [0.3, 0.4) is 0 Å². The third-order valence-electron chi connectivity index (χ3n) is 2.06. The minimum Gasteiger partial charge on any atom is -0.327 e. The second-order valence-electron chi connectivity index (χ2n) is 3.48. The van der Waals surface area contributed by atoms with Crippen molar-refractivity contribution in [2.75, 3.05) is 6.54 Å². The molecule has 1 aromatic rings. The van der Waals surface area contributed by atoms with Crippen molar-refractivity contribution >= 4 is 6.08 Å². The third kappa shape index (κ3) is 3.76. The van der Waals surface area contributed by atoms with Crippen LogP contribution in [0.1, 0.15) is 16.7 Å². The van der Waals surface area contributed by atoms with Gasteiger partial charge in [-0.3, -0.25) is 0 Å². The topological polar surface area (TPSA) is 26.0 Å². The summed E-state index contributed by atoms with van der Waals surface area (Å²) in [6, 6.07) is 1.36. The van der Waals surface area contributed by atoms with Gasteiger partial charge in [-0.1, -0.05) is 12.2 Å². The minimum absolute atomic E-state index is 0.0254. The van der Waals surface area contributed by atoms with Crippen LogP contribution in [0.25, 0.3) is 6.08 Å². The summed E-state index contributed by atoms with van der Waals surface area (Å²) in [4.78, 5) is 0. The molecule has 0 saturated heterocycles. The Labute approximate surface area is 98.9 Å². The molecule has 0 amide bonds. The number of halogens is 6. The molecule has 100 valence electrons. The van der Waals surface area contributed by atoms with Crippen LogP contribution in [0, 0.1) is 0 Å². The summed E-state index contributed by atoms with van der Waals surface area (Å²) in [6.07, 6.45) is -7.26. The van der Waals surface area contributed by atoms with Gasteiger partial charge in [-0.25, -0.2) is 0 Å². The monoisotopic (exact) mass is 269 g/mol. The molecule has 0 aliphatic heterocycles. The molecule has 0 aliphatic rings. The first kappa shape index (κ1) is 14.6. The fourth-order valence-electron chi connectivity index (χ4n) is 1.28. The highest BCUT2D eigenvalue weighted by Gasteiger charge is 2.36. The SMILES string of the molecule is NCC=Cc1cc(C(F)(F)F)cc(C(F)(F)F)c1. The number of alkyl halides is 6. The summed E-state index contributed by atoms with van der Waals surface area (Å²) in [5, 5.41) is 0. The second-order valence-corrected chi connectivity index (χ2v) is 3.48. The van der Waals surface area contributed by atoms with Crippen molar-refractivity contribution in [1.29, 1.82) is 0 Å². The molecule has 0 bridgehead atoms. The lowest BCUT2D eigenvalue weighted by Gasteiger charge is -2.12. The molecule has 0 aromatic heterocycles. The Bertz CT molecular complexity index is 412. The highest BCUT2D eigenvalue weighted by atomic mass is 19.4. The average molecular weight is 269 g/mol. The zero-order valence-corrected chi connectivity index (χ0v) is 8.94. The molecule has 0 atom stereocenters. The van der Waals surface area contributed by atoms with Crippen LogP contribution in [0.4, 0.5) is 26.3 Å². The predicted octanol–water partition coefficient (Wildman–Crippen LogP) is 3.70. The molecular weight excluding hydrogens is 260 g/mol. The number of benzene rings is 1. The number of rotatable bonds is 2. The molecule has 1 rings (SSSR count). The Balaban J connectivity index is 3.34. The quantitative estimate of drug-likeness (QED) is 0.814. The fraction of sp³-hybridized carbons (Fsp3) is 0.273. The molecule has 0 aliphatic carbocycles. The number of hydrogen-bond acceptors (Lipinski definition) is 1. The summed E-state index contributed by atoms with van der Waals surface area (Å²) < 4.78 is 74.7. The molecule has 0 radical (unpaired) electrons. The summed E-state index contributed by atoms with van der Waals surface area (Å²) in [5.41, 5.74) is 2.22. The lowest BCUT2D eigenvalue weighted by Crippen LogP contribution is -2.11. The zero-order chi connectivity index (χ0) is 14.0. The van der Waals surface area contributed by atoms with Crippen LogP contribution >= 0.6 is 0 Å². The zero-order valence-electron chi connectivity index (χ0n) is 8.94. The van der Waals surface area contributed by atoms with Gasteiger partial charge in [0.15, 0.2) is 0 Å². The standard InChI is InChI=1S/C11H9F6N/c12-10(13,14)8-4-7(2-1-3-18)5-9(6-8)11(15,16)17/h1-2,4-6H,3,18H2. The van der Waals surface area contributed by atoms with E-state index in [4.69, 9.17) is 5.73 Å². The van der Waals surface area contributed by atoms with Crippen molar-refractivity contribution < 1.29 is 26.3 Å². The smallest absolute Gasteiger partial charge is 0.327 e. The molecule has 0 heterocycles. The molecule has 0 spiro atoms. The normalized spacial score (nSPS) is 13.3. The van der Waals surface area contributed by atoms with Crippen LogP contribution in [0.5, 0.6) is 0 Å². The molecule has 18 heavy (non-hydrogen) atoms. The van der Waals surface area contributed by atoms with Gasteiger partial charge in [-0.2, -0.15) is 26.3 Å². The lowest BCUT2D eigenvalue weighted by atomic mass is 10.0. The van der Waals surface area contributed by atoms with E-state index in [1.807, 2.05) is 0 Å². The maximum absolute atomic E-state index is 12.4. The summed E-state index contributed by atoms with van der Waals surface area (Å²) in [7, 11) is 0. The van der Waals surface area contributed by atoms with Crippen molar-refractivity contribution in [1.82, 2.24) is 0 Å². The third-order valence-corrected chi connectivity index (χ3v) is 2.06. The van der Waals surface area contributed by atoms with E-state index in [9.17, 15) is 26.3 Å². The maximum Gasteiger partial charge on any atom is 0.416 e. The van der Waals surface area contributed by atoms with Crippen LogP contribution < -0.4 is 5.73 Å². The van der Waals surface area contributed by atoms with E-state index < -0.39 is 23.5 Å². The first-order valence-corrected chi connectivity index (χ1v) is 4.80. The molecule has 1 nitrogen and oxygen atoms in total. The molecule has 1 aromatic carbocycles. The molecule has 7 heteroatoms. The van der Waals surface area contributed by atoms with E-state index in [1.54, 1.807) is 0 Å². The van der Waals surface area contributed by atoms with Crippen molar-refractivity contribution in [2.45, 2.75) is 12.4 Å². The average Bonchev–Trinajstić information content (AvgIpc) is 2.23. The number of nitrogens with two attached hydrogens (primary N) is 1. The lowest BCUT2D eigenvalue weighted by molar-refractivity contribution is -0.143. The van der Waals surface area contributed by atoms with Crippen molar-refractivity contribution in [3.63, 3.8) is 0 Å². The molecule has 0 unspecified atom stereocenters. The Hall–Kier alpha value is -1.50. The van der Waals surface area contributed by atoms with Gasteiger partial charge < -0.3 is 5.73 Å². The fourth-order valence-corrected chi connectivity index (χ4v) is 1.28. The van der Waals surface area contributed by atoms with Gasteiger partial charge in [-0.15, -0.1) is 0 Å². The Kier molecular flexibility index (Phi) is 4.05. The van der Waals surface area contributed by atoms with E-state index in [-0.39, 0.29) is 18.2 Å². The van der Waals surface area contributed by atoms with Gasteiger partial charge in [0.1, 0.15) is 0 Å². The van der Waals surface area contributed by atoms with Crippen LogP contribution in [-0.2, 0) is 12.4 Å². The summed E-state index contributed by atoms with van der Waals surface area (Å²) in [6.45, 7) is 0.0254. The van der Waals surface area contributed by atoms with Crippen LogP contribution in [0.15, 0.2) is 24.3 Å². The number of hydrogen-bond donors (Lipinski definition) is 1. The van der Waals surface area contributed by atoms with Crippen LogP contribution in [-0.4, -0.2) is 6.54 Å². The van der Waals surface area contributed by atoms with Gasteiger partial charge in [0.25, 0.3) is 0 Å². The van der Waals surface area contributed by atoms with E-state index in [2.05, 4.69) is 0 Å². The van der Waals surface area contributed by atoms with Crippen molar-refractivity contribution in [3.8, 4) is 0 Å². The Morgan fingerprint density at radius 3 is 1.67 bits per heavy atom. The van der Waals surface area contributed by atoms with E-state index >= 15 is 0 Å². The van der Waals surface area contributed by atoms with Crippen molar-refractivity contribution in [3.05, 3.63) is 41.0 Å². The van der Waals surface area contributed by atoms with Crippen LogP contribution in [0.2, 0.25) is 0 Å². The highest BCUT2D eigenvalue weighted by Crippen LogP contribution is 2.36. The molecule has 0 saturated carbocycles. The molecule has 2 N–H and O–H groups in total. The van der Waals surface area contributed by atoms with E-state index in [0.717, 1.165) is 6.08 Å². The van der Waals surface area contributed by atoms with E-state index in [1.165, 1.54) is 6.08 Å². The first-order valence-electron chi connectivity index (χ1n) is 4.80. The Morgan fingerprint density at radius 2 is 1.33 bits per heavy atom. The first-order chi connectivity index (χ1) is 8.14. The largest absolute Gasteiger partial charge is 0.416 e. The summed E-state index contributed by atoms with van der Waals surface area (Å²) >= 11 is 0. The predicted molar refractivity (Wildman–Crippen MR) is 54.5 cm³/mol. The summed E-state index contributed by atoms with van der Waals surface area (Å²) in [5.74, 6) is 0. The van der Waals surface area contributed by atoms with Gasteiger partial charge in [0, 0.05) is 6.54 Å². The van der Waals surface area contributed by atoms with Gasteiger partial charge in [-0.05, 0) is 23.8 Å². The second kappa shape index (κ2) is 5.01. The van der Waals surface area contributed by atoms with Gasteiger partial charge >= 0.3 is 12.4 Å². The highest BCUT2D eigenvalue weighted by molar-refractivity contribution is 5.53. The van der Waals surface area contributed by atoms with Crippen molar-refractivity contribution in [2.24, 2.45) is 5.73 Å². The van der Waals surface area contributed by atoms with E-state index in [0.29, 0.717) is 12.1 Å². The minimum atomic E-state index is -4.83. The van der Waals surface area contributed by atoms with Gasteiger partial charge in [0.05, 0.1) is 11.1 Å². The maximum atomic E-state index is 12.4. The van der Waals surface area contributed by atoms with Gasteiger partial charge in [0.2, 0.25) is 0 Å². The molecular formula is C11H9F6N. The Morgan fingerprint density at radius 1 is 0.889 bits per heavy atom.